The highest BCUT2D eigenvalue weighted by molar-refractivity contribution is 5.88. The number of aromatic carboxylic acids is 1. The van der Waals surface area contributed by atoms with Crippen molar-refractivity contribution in [1.82, 2.24) is 0 Å². The Morgan fingerprint density at radius 2 is 1.90 bits per heavy atom. The van der Waals surface area contributed by atoms with Crippen molar-refractivity contribution in [2.45, 2.75) is 13.5 Å². The summed E-state index contributed by atoms with van der Waals surface area (Å²) >= 11 is 0. The van der Waals surface area contributed by atoms with Gasteiger partial charge in [-0.25, -0.2) is 4.79 Å². The molecule has 0 aliphatic heterocycles. The fraction of sp³-hybridized carbons (Fsp3) is 0.133. The van der Waals surface area contributed by atoms with E-state index < -0.39 is 10.9 Å². The average Bonchev–Trinajstić information content (AvgIpc) is 2.46. The molecule has 2 rings (SSSR count). The number of hydrogen-bond donors (Lipinski definition) is 1. The quantitative estimate of drug-likeness (QED) is 0.673. The number of aryl methyl sites for hydroxylation is 1. The summed E-state index contributed by atoms with van der Waals surface area (Å²) in [4.78, 5) is 21.2. The van der Waals surface area contributed by atoms with Crippen molar-refractivity contribution >= 4 is 11.7 Å². The van der Waals surface area contributed by atoms with E-state index in [4.69, 9.17) is 9.84 Å². The predicted octanol–water partition coefficient (Wildman–Crippen LogP) is 3.18. The molecule has 108 valence electrons. The summed E-state index contributed by atoms with van der Waals surface area (Å²) in [5.74, 6) is -1.17. The van der Waals surface area contributed by atoms with Crippen LogP contribution in [0.3, 0.4) is 0 Å². The number of nitro groups is 1. The summed E-state index contributed by atoms with van der Waals surface area (Å²) in [6.07, 6.45) is 0. The second-order valence-corrected chi connectivity index (χ2v) is 4.52. The van der Waals surface area contributed by atoms with Gasteiger partial charge in [-0.15, -0.1) is 0 Å². The maximum Gasteiger partial charge on any atom is 0.335 e. The number of carbonyl (C=O) groups is 1. The van der Waals surface area contributed by atoms with Crippen LogP contribution >= 0.6 is 0 Å². The molecule has 6 nitrogen and oxygen atoms in total. The van der Waals surface area contributed by atoms with Gasteiger partial charge >= 0.3 is 11.7 Å². The minimum absolute atomic E-state index is 0.0468. The molecule has 1 N–H and O–H groups in total. The van der Waals surface area contributed by atoms with Gasteiger partial charge in [0.05, 0.1) is 10.5 Å². The summed E-state index contributed by atoms with van der Waals surface area (Å²) in [6.45, 7) is 2.13. The van der Waals surface area contributed by atoms with E-state index >= 15 is 0 Å². The van der Waals surface area contributed by atoms with E-state index in [0.717, 1.165) is 17.2 Å². The summed E-state index contributed by atoms with van der Waals surface area (Å²) in [6, 6.07) is 11.1. The summed E-state index contributed by atoms with van der Waals surface area (Å²) < 4.78 is 5.42. The molecule has 0 aliphatic rings. The lowest BCUT2D eigenvalue weighted by Crippen LogP contribution is -2.02. The highest BCUT2D eigenvalue weighted by Gasteiger charge is 2.18. The van der Waals surface area contributed by atoms with Crippen molar-refractivity contribution in [2.75, 3.05) is 0 Å². The molecule has 0 saturated heterocycles. The number of nitrogens with zero attached hydrogens (tertiary/aromatic N) is 1. The lowest BCUT2D eigenvalue weighted by atomic mass is 10.1. The zero-order valence-corrected chi connectivity index (χ0v) is 11.3. The van der Waals surface area contributed by atoms with E-state index in [1.165, 1.54) is 12.1 Å². The van der Waals surface area contributed by atoms with E-state index in [0.29, 0.717) is 0 Å². The molecule has 0 unspecified atom stereocenters. The van der Waals surface area contributed by atoms with Crippen LogP contribution in [-0.4, -0.2) is 16.0 Å². The van der Waals surface area contributed by atoms with Gasteiger partial charge in [0.25, 0.3) is 0 Å². The van der Waals surface area contributed by atoms with Crippen molar-refractivity contribution in [3.05, 3.63) is 69.3 Å². The second-order valence-electron chi connectivity index (χ2n) is 4.52. The Bertz CT molecular complexity index is 679. The highest BCUT2D eigenvalue weighted by atomic mass is 16.6. The normalized spacial score (nSPS) is 10.1. The van der Waals surface area contributed by atoms with Crippen LogP contribution < -0.4 is 4.74 Å². The zero-order valence-electron chi connectivity index (χ0n) is 11.3. The maximum absolute atomic E-state index is 11.0. The van der Waals surface area contributed by atoms with Gasteiger partial charge in [-0.3, -0.25) is 10.1 Å². The Balaban J connectivity index is 2.21. The Morgan fingerprint density at radius 1 is 1.24 bits per heavy atom. The van der Waals surface area contributed by atoms with E-state index in [9.17, 15) is 14.9 Å². The van der Waals surface area contributed by atoms with Crippen molar-refractivity contribution in [3.63, 3.8) is 0 Å². The molecule has 6 heteroatoms. The van der Waals surface area contributed by atoms with Crippen molar-refractivity contribution in [1.29, 1.82) is 0 Å². The smallest absolute Gasteiger partial charge is 0.335 e. The van der Waals surface area contributed by atoms with Crippen LogP contribution in [0.2, 0.25) is 0 Å². The molecule has 0 fully saturated rings. The van der Waals surface area contributed by atoms with Gasteiger partial charge < -0.3 is 9.84 Å². The number of carboxylic acids is 1. The number of hydrogen-bond acceptors (Lipinski definition) is 4. The van der Waals surface area contributed by atoms with Crippen molar-refractivity contribution in [2.24, 2.45) is 0 Å². The monoisotopic (exact) mass is 287 g/mol. The molecule has 0 amide bonds. The van der Waals surface area contributed by atoms with Gasteiger partial charge in [-0.05, 0) is 24.6 Å². The molecule has 0 aromatic heterocycles. The zero-order chi connectivity index (χ0) is 15.4. The first kappa shape index (κ1) is 14.5. The first-order valence-electron chi connectivity index (χ1n) is 6.17. The summed E-state index contributed by atoms with van der Waals surface area (Å²) in [5, 5.41) is 19.8. The fourth-order valence-electron chi connectivity index (χ4n) is 1.76. The number of nitro benzene ring substituents is 1. The molecule has 0 spiro atoms. The minimum atomic E-state index is -1.22. The molecule has 2 aromatic rings. The molecular formula is C15H13NO5. The Hall–Kier alpha value is -2.89. The van der Waals surface area contributed by atoms with Gasteiger partial charge in [0.15, 0.2) is 5.75 Å². The van der Waals surface area contributed by atoms with E-state index in [2.05, 4.69) is 0 Å². The largest absolute Gasteiger partial charge is 0.482 e. The Morgan fingerprint density at radius 3 is 2.48 bits per heavy atom. The van der Waals surface area contributed by atoms with Gasteiger partial charge in [-0.2, -0.15) is 0 Å². The van der Waals surface area contributed by atoms with Crippen molar-refractivity contribution < 1.29 is 19.6 Å². The first-order valence-corrected chi connectivity index (χ1v) is 6.17. The lowest BCUT2D eigenvalue weighted by Gasteiger charge is -2.07. The molecule has 0 aliphatic carbocycles. The lowest BCUT2D eigenvalue weighted by molar-refractivity contribution is -0.386. The van der Waals surface area contributed by atoms with Gasteiger partial charge in [0, 0.05) is 6.07 Å². The van der Waals surface area contributed by atoms with E-state index in [-0.39, 0.29) is 23.6 Å². The second kappa shape index (κ2) is 6.04. The molecule has 2 aromatic carbocycles. The van der Waals surface area contributed by atoms with Crippen LogP contribution in [0.15, 0.2) is 42.5 Å². The average molecular weight is 287 g/mol. The Labute approximate surface area is 120 Å². The third-order valence-electron chi connectivity index (χ3n) is 2.92. The van der Waals surface area contributed by atoms with E-state index in [1.54, 1.807) is 0 Å². The van der Waals surface area contributed by atoms with Crippen molar-refractivity contribution in [3.8, 4) is 5.75 Å². The van der Waals surface area contributed by atoms with Crippen LogP contribution in [-0.2, 0) is 6.61 Å². The molecule has 0 radical (unpaired) electrons. The van der Waals surface area contributed by atoms with Crippen LogP contribution in [0.1, 0.15) is 21.5 Å². The number of rotatable bonds is 5. The van der Waals surface area contributed by atoms with Crippen LogP contribution in [0, 0.1) is 17.0 Å². The molecule has 0 atom stereocenters. The fourth-order valence-corrected chi connectivity index (χ4v) is 1.76. The van der Waals surface area contributed by atoms with Gasteiger partial charge in [-0.1, -0.05) is 29.8 Å². The topological polar surface area (TPSA) is 89.7 Å². The number of carboxylic acid groups (broad SMARTS) is 1. The summed E-state index contributed by atoms with van der Waals surface area (Å²) in [5.41, 5.74) is 1.47. The molecule has 0 saturated carbocycles. The molecule has 21 heavy (non-hydrogen) atoms. The van der Waals surface area contributed by atoms with Crippen LogP contribution in [0.25, 0.3) is 0 Å². The summed E-state index contributed by atoms with van der Waals surface area (Å²) in [7, 11) is 0. The molecule has 0 bridgehead atoms. The van der Waals surface area contributed by atoms with Gasteiger partial charge in [0.2, 0.25) is 0 Å². The standard InChI is InChI=1S/C15H13NO5/c1-10-2-4-11(5-3-10)9-21-14-7-6-12(15(17)18)8-13(14)16(19)20/h2-8H,9H2,1H3,(H,17,18). The minimum Gasteiger partial charge on any atom is -0.482 e. The highest BCUT2D eigenvalue weighted by Crippen LogP contribution is 2.28. The molecular weight excluding hydrogens is 274 g/mol. The number of benzene rings is 2. The van der Waals surface area contributed by atoms with E-state index in [1.807, 2.05) is 31.2 Å². The maximum atomic E-state index is 11.0. The molecule has 0 heterocycles. The SMILES string of the molecule is Cc1ccc(COc2ccc(C(=O)O)cc2[N+](=O)[O-])cc1. The van der Waals surface area contributed by atoms with Crippen LogP contribution in [0.4, 0.5) is 5.69 Å². The van der Waals surface area contributed by atoms with Crippen LogP contribution in [0.5, 0.6) is 5.75 Å². The Kier molecular flexibility index (Phi) is 4.18. The third kappa shape index (κ3) is 3.56. The van der Waals surface area contributed by atoms with Gasteiger partial charge in [0.1, 0.15) is 6.61 Å². The predicted molar refractivity (Wildman–Crippen MR) is 75.6 cm³/mol. The third-order valence-corrected chi connectivity index (χ3v) is 2.92. The number of ether oxygens (including phenoxy) is 1. The first-order chi connectivity index (χ1) is 9.97.